The lowest BCUT2D eigenvalue weighted by atomic mass is 9.82. The molecule has 1 aromatic heterocycles. The van der Waals surface area contributed by atoms with E-state index >= 15 is 0 Å². The third kappa shape index (κ3) is 3.43. The van der Waals surface area contributed by atoms with E-state index in [2.05, 4.69) is 31.1 Å². The predicted molar refractivity (Wildman–Crippen MR) is 102 cm³/mol. The zero-order chi connectivity index (χ0) is 18.9. The normalized spacial score (nSPS) is 19.6. The Labute approximate surface area is 156 Å². The van der Waals surface area contributed by atoms with Crippen LogP contribution in [0.25, 0.3) is 0 Å². The number of nitrogens with one attached hydrogen (secondary N) is 1. The van der Waals surface area contributed by atoms with Crippen LogP contribution in [0.15, 0.2) is 41.6 Å². The molecular weight excluding hydrogens is 348 g/mol. The van der Waals surface area contributed by atoms with Gasteiger partial charge in [-0.05, 0) is 29.5 Å². The van der Waals surface area contributed by atoms with Gasteiger partial charge < -0.3 is 9.88 Å². The number of nitrogens with zero attached hydrogens (tertiary/aromatic N) is 3. The Balaban J connectivity index is 1.94. The summed E-state index contributed by atoms with van der Waals surface area (Å²) >= 11 is 0. The molecule has 7 heteroatoms. The Bertz CT molecular complexity index is 856. The van der Waals surface area contributed by atoms with Crippen molar-refractivity contribution >= 4 is 10.0 Å². The number of piperazine rings is 1. The van der Waals surface area contributed by atoms with Gasteiger partial charge in [0.1, 0.15) is 5.82 Å². The van der Waals surface area contributed by atoms with Gasteiger partial charge >= 0.3 is 0 Å². The summed E-state index contributed by atoms with van der Waals surface area (Å²) in [6, 6.07) is 7.04. The number of hydrogen-bond acceptors (Lipinski definition) is 4. The van der Waals surface area contributed by atoms with Crippen LogP contribution >= 0.6 is 0 Å². The van der Waals surface area contributed by atoms with E-state index in [0.29, 0.717) is 24.5 Å². The van der Waals surface area contributed by atoms with Gasteiger partial charge in [-0.1, -0.05) is 32.9 Å². The highest BCUT2D eigenvalue weighted by Gasteiger charge is 2.36. The fourth-order valence-electron chi connectivity index (χ4n) is 3.31. The molecule has 1 N–H and O–H groups in total. The lowest BCUT2D eigenvalue weighted by Crippen LogP contribution is -2.49. The number of imidazole rings is 1. The number of sulfonamides is 1. The monoisotopic (exact) mass is 376 g/mol. The first kappa shape index (κ1) is 19.1. The van der Waals surface area contributed by atoms with Crippen LogP contribution in [0.4, 0.5) is 0 Å². The second-order valence-corrected chi connectivity index (χ2v) is 9.38. The zero-order valence-corrected chi connectivity index (χ0v) is 16.8. The van der Waals surface area contributed by atoms with Crippen molar-refractivity contribution in [1.82, 2.24) is 19.2 Å². The lowest BCUT2D eigenvalue weighted by Gasteiger charge is -2.34. The van der Waals surface area contributed by atoms with Crippen molar-refractivity contribution in [3.63, 3.8) is 0 Å². The van der Waals surface area contributed by atoms with Crippen molar-refractivity contribution in [2.45, 2.75) is 43.5 Å². The first-order valence-electron chi connectivity index (χ1n) is 9.07. The molecule has 2 aromatic rings. The van der Waals surface area contributed by atoms with Gasteiger partial charge in [0, 0.05) is 39.1 Å². The van der Waals surface area contributed by atoms with E-state index in [1.165, 1.54) is 0 Å². The molecule has 0 bridgehead atoms. The number of hydrogen-bond donors (Lipinski definition) is 1. The summed E-state index contributed by atoms with van der Waals surface area (Å²) in [5, 5.41) is 3.28. The van der Waals surface area contributed by atoms with Crippen LogP contribution in [0.1, 0.15) is 44.6 Å². The standard InChI is InChI=1S/C19H28N4O2S/c1-5-19(2,3)15-6-8-16(9-7-15)26(24,25)23-13-10-20-14-17(23)18-21-11-12-22(18)4/h6-9,11-12,17,20H,5,10,13-14H2,1-4H3. The SMILES string of the molecule is CCC(C)(C)c1ccc(S(=O)(=O)N2CCNCC2c2nccn2C)cc1. The van der Waals surface area contributed by atoms with E-state index in [1.807, 2.05) is 29.9 Å². The van der Waals surface area contributed by atoms with Gasteiger partial charge in [-0.25, -0.2) is 13.4 Å². The minimum atomic E-state index is -3.58. The molecular formula is C19H28N4O2S. The van der Waals surface area contributed by atoms with E-state index in [9.17, 15) is 8.42 Å². The van der Waals surface area contributed by atoms with Crippen molar-refractivity contribution in [2.24, 2.45) is 7.05 Å². The predicted octanol–water partition coefficient (Wildman–Crippen LogP) is 2.44. The summed E-state index contributed by atoms with van der Waals surface area (Å²) in [5.41, 5.74) is 1.19. The van der Waals surface area contributed by atoms with Gasteiger partial charge in [0.15, 0.2) is 0 Å². The van der Waals surface area contributed by atoms with Crippen molar-refractivity contribution in [2.75, 3.05) is 19.6 Å². The van der Waals surface area contributed by atoms with Crippen LogP contribution in [0.2, 0.25) is 0 Å². The molecule has 0 amide bonds. The van der Waals surface area contributed by atoms with Crippen LogP contribution in [0.5, 0.6) is 0 Å². The Hall–Kier alpha value is -1.70. The average Bonchev–Trinajstić information content (AvgIpc) is 3.07. The molecule has 0 aliphatic carbocycles. The first-order valence-corrected chi connectivity index (χ1v) is 10.5. The summed E-state index contributed by atoms with van der Waals surface area (Å²) < 4.78 is 30.0. The van der Waals surface area contributed by atoms with Crippen LogP contribution in [-0.4, -0.2) is 41.9 Å². The summed E-state index contributed by atoms with van der Waals surface area (Å²) in [6.07, 6.45) is 4.55. The third-order valence-electron chi connectivity index (χ3n) is 5.48. The Morgan fingerprint density at radius 1 is 1.27 bits per heavy atom. The number of aryl methyl sites for hydroxylation is 1. The molecule has 1 aliphatic rings. The highest BCUT2D eigenvalue weighted by Crippen LogP contribution is 2.31. The fourth-order valence-corrected chi connectivity index (χ4v) is 4.90. The lowest BCUT2D eigenvalue weighted by molar-refractivity contribution is 0.258. The molecule has 1 unspecified atom stereocenters. The molecule has 1 saturated heterocycles. The number of rotatable bonds is 5. The maximum Gasteiger partial charge on any atom is 0.243 e. The van der Waals surface area contributed by atoms with Crippen LogP contribution < -0.4 is 5.32 Å². The third-order valence-corrected chi connectivity index (χ3v) is 7.40. The number of benzene rings is 1. The summed E-state index contributed by atoms with van der Waals surface area (Å²) in [6.45, 7) is 8.12. The number of aromatic nitrogens is 2. The van der Waals surface area contributed by atoms with E-state index in [-0.39, 0.29) is 11.5 Å². The van der Waals surface area contributed by atoms with Gasteiger partial charge in [0.2, 0.25) is 10.0 Å². The van der Waals surface area contributed by atoms with Crippen molar-refractivity contribution in [3.05, 3.63) is 48.0 Å². The fraction of sp³-hybridized carbons (Fsp3) is 0.526. The molecule has 0 radical (unpaired) electrons. The van der Waals surface area contributed by atoms with E-state index in [1.54, 1.807) is 22.6 Å². The molecule has 1 aliphatic heterocycles. The maximum atomic E-state index is 13.3. The van der Waals surface area contributed by atoms with Crippen molar-refractivity contribution in [3.8, 4) is 0 Å². The van der Waals surface area contributed by atoms with Crippen molar-refractivity contribution in [1.29, 1.82) is 0 Å². The topological polar surface area (TPSA) is 67.2 Å². The molecule has 3 rings (SSSR count). The summed E-state index contributed by atoms with van der Waals surface area (Å²) in [4.78, 5) is 4.71. The average molecular weight is 377 g/mol. The molecule has 0 spiro atoms. The molecule has 1 atom stereocenters. The quantitative estimate of drug-likeness (QED) is 0.870. The van der Waals surface area contributed by atoms with Crippen LogP contribution in [0, 0.1) is 0 Å². The van der Waals surface area contributed by atoms with Gasteiger partial charge in [-0.2, -0.15) is 4.31 Å². The summed E-state index contributed by atoms with van der Waals surface area (Å²) in [5.74, 6) is 0.754. The van der Waals surface area contributed by atoms with Crippen LogP contribution in [0.3, 0.4) is 0 Å². The van der Waals surface area contributed by atoms with Crippen molar-refractivity contribution < 1.29 is 8.42 Å². The highest BCUT2D eigenvalue weighted by molar-refractivity contribution is 7.89. The molecule has 0 saturated carbocycles. The molecule has 26 heavy (non-hydrogen) atoms. The Morgan fingerprint density at radius 2 is 1.96 bits per heavy atom. The maximum absolute atomic E-state index is 13.3. The summed E-state index contributed by atoms with van der Waals surface area (Å²) in [7, 11) is -1.69. The van der Waals surface area contributed by atoms with Crippen LogP contribution in [-0.2, 0) is 22.5 Å². The van der Waals surface area contributed by atoms with Gasteiger partial charge in [-0.3, -0.25) is 0 Å². The minimum absolute atomic E-state index is 0.0346. The largest absolute Gasteiger partial charge is 0.337 e. The highest BCUT2D eigenvalue weighted by atomic mass is 32.2. The van der Waals surface area contributed by atoms with Gasteiger partial charge in [0.05, 0.1) is 10.9 Å². The smallest absolute Gasteiger partial charge is 0.243 e. The van der Waals surface area contributed by atoms with Gasteiger partial charge in [0.25, 0.3) is 0 Å². The van der Waals surface area contributed by atoms with E-state index in [4.69, 9.17) is 0 Å². The molecule has 2 heterocycles. The van der Waals surface area contributed by atoms with Gasteiger partial charge in [-0.15, -0.1) is 0 Å². The molecule has 1 aromatic carbocycles. The second-order valence-electron chi connectivity index (χ2n) is 7.49. The Morgan fingerprint density at radius 3 is 2.54 bits per heavy atom. The molecule has 1 fully saturated rings. The molecule has 142 valence electrons. The zero-order valence-electron chi connectivity index (χ0n) is 15.9. The van der Waals surface area contributed by atoms with E-state index < -0.39 is 10.0 Å². The second kappa shape index (κ2) is 7.13. The van der Waals surface area contributed by atoms with E-state index in [0.717, 1.165) is 17.8 Å². The first-order chi connectivity index (χ1) is 12.3. The minimum Gasteiger partial charge on any atom is -0.337 e. The molecule has 6 nitrogen and oxygen atoms in total. The Kier molecular flexibility index (Phi) is 5.23.